The molecule has 3 atom stereocenters. The molecule has 3 aliphatic heterocycles. The Labute approximate surface area is 187 Å². The number of aliphatic hydroxyl groups is 1. The Hall–Kier alpha value is -1.85. The molecule has 0 aliphatic carbocycles. The van der Waals surface area contributed by atoms with Crippen molar-refractivity contribution in [1.82, 2.24) is 9.80 Å². The molecule has 184 valence electrons. The summed E-state index contributed by atoms with van der Waals surface area (Å²) in [6.07, 6.45) is -7.65. The maximum Gasteiger partial charge on any atom is 0.416 e. The van der Waals surface area contributed by atoms with E-state index in [1.165, 1.54) is 0 Å². The van der Waals surface area contributed by atoms with Gasteiger partial charge in [-0.2, -0.15) is 26.3 Å². The Morgan fingerprint density at radius 2 is 1.55 bits per heavy atom. The van der Waals surface area contributed by atoms with Gasteiger partial charge in [0.2, 0.25) is 5.91 Å². The monoisotopic (exact) mass is 480 g/mol. The molecule has 3 unspecified atom stereocenters. The lowest BCUT2D eigenvalue weighted by Crippen LogP contribution is -2.52. The van der Waals surface area contributed by atoms with Crippen LogP contribution < -0.4 is 0 Å². The zero-order valence-corrected chi connectivity index (χ0v) is 17.8. The molecule has 3 aliphatic rings. The Bertz CT molecular complexity index is 834. The van der Waals surface area contributed by atoms with Crippen molar-refractivity contribution < 1.29 is 41.0 Å². The number of carbonyl (C=O) groups is 1. The summed E-state index contributed by atoms with van der Waals surface area (Å²) >= 11 is 0. The van der Waals surface area contributed by atoms with Gasteiger partial charge in [0.05, 0.1) is 29.9 Å². The summed E-state index contributed by atoms with van der Waals surface area (Å²) in [6.45, 7) is 1.32. The molecule has 0 radical (unpaired) electrons. The highest BCUT2D eigenvalue weighted by Gasteiger charge is 2.43. The summed E-state index contributed by atoms with van der Waals surface area (Å²) in [6, 6.07) is 1.44. The Balaban J connectivity index is 1.39. The number of hydrogen-bond donors (Lipinski definition) is 1. The smallest absolute Gasteiger partial charge is 0.393 e. The number of nitrogens with zero attached hydrogens (tertiary/aromatic N) is 2. The number of hydrogen-bond acceptors (Lipinski definition) is 4. The van der Waals surface area contributed by atoms with Crippen LogP contribution >= 0.6 is 0 Å². The number of amides is 1. The highest BCUT2D eigenvalue weighted by atomic mass is 19.4. The van der Waals surface area contributed by atoms with E-state index in [0.717, 1.165) is 19.5 Å². The van der Waals surface area contributed by atoms with Crippen molar-refractivity contribution in [2.75, 3.05) is 19.6 Å². The number of ether oxygens (including phenoxy) is 1. The number of piperidine rings is 2. The fraction of sp³-hybridized carbons (Fsp3) is 0.682. The number of aliphatic hydroxyl groups excluding tert-OH is 1. The van der Waals surface area contributed by atoms with Crippen molar-refractivity contribution in [2.45, 2.75) is 75.4 Å². The molecule has 4 rings (SSSR count). The normalized spacial score (nSPS) is 27.8. The molecule has 3 fully saturated rings. The van der Waals surface area contributed by atoms with Crippen molar-refractivity contribution in [3.8, 4) is 0 Å². The predicted molar refractivity (Wildman–Crippen MR) is 105 cm³/mol. The fourth-order valence-corrected chi connectivity index (χ4v) is 5.09. The minimum absolute atomic E-state index is 0.0214. The van der Waals surface area contributed by atoms with Gasteiger partial charge in [-0.3, -0.25) is 9.69 Å². The standard InChI is InChI=1S/C22H26F6N2O3/c23-21(24,25)14-5-13(6-15(7-14)22(26,27)28)12-33-19-9-17-8-16(10-20(32)30(17)11-19)29-3-1-18(31)2-4-29/h5-7,16-19,31H,1-4,8-12H2. The molecular weight excluding hydrogens is 454 g/mol. The van der Waals surface area contributed by atoms with Crippen LogP contribution in [-0.2, 0) is 28.5 Å². The largest absolute Gasteiger partial charge is 0.416 e. The van der Waals surface area contributed by atoms with E-state index in [1.807, 2.05) is 0 Å². The topological polar surface area (TPSA) is 53.0 Å². The van der Waals surface area contributed by atoms with Crippen LogP contribution in [0.5, 0.6) is 0 Å². The van der Waals surface area contributed by atoms with Gasteiger partial charge in [0.1, 0.15) is 0 Å². The van der Waals surface area contributed by atoms with Gasteiger partial charge < -0.3 is 14.7 Å². The van der Waals surface area contributed by atoms with Gasteiger partial charge in [-0.1, -0.05) is 0 Å². The third-order valence-electron chi connectivity index (χ3n) is 6.80. The third kappa shape index (κ3) is 5.63. The number of carbonyl (C=O) groups excluding carboxylic acids is 1. The summed E-state index contributed by atoms with van der Waals surface area (Å²) in [5, 5.41) is 9.70. The van der Waals surface area contributed by atoms with Crippen LogP contribution in [0.3, 0.4) is 0 Å². The summed E-state index contributed by atoms with van der Waals surface area (Å²) in [5.74, 6) is -0.0214. The Kier molecular flexibility index (Phi) is 6.67. The summed E-state index contributed by atoms with van der Waals surface area (Å²) in [7, 11) is 0. The third-order valence-corrected chi connectivity index (χ3v) is 6.80. The van der Waals surface area contributed by atoms with Crippen molar-refractivity contribution in [1.29, 1.82) is 0 Å². The number of benzene rings is 1. The van der Waals surface area contributed by atoms with E-state index in [4.69, 9.17) is 4.74 Å². The molecule has 0 bridgehead atoms. The van der Waals surface area contributed by atoms with E-state index in [9.17, 15) is 36.2 Å². The zero-order valence-electron chi connectivity index (χ0n) is 17.8. The van der Waals surface area contributed by atoms with Gasteiger partial charge in [0.25, 0.3) is 0 Å². The van der Waals surface area contributed by atoms with E-state index in [2.05, 4.69) is 4.90 Å². The average molecular weight is 480 g/mol. The van der Waals surface area contributed by atoms with Crippen molar-refractivity contribution in [2.24, 2.45) is 0 Å². The summed E-state index contributed by atoms with van der Waals surface area (Å²) in [5.41, 5.74) is -2.95. The quantitative estimate of drug-likeness (QED) is 0.666. The molecule has 0 aromatic heterocycles. The fourth-order valence-electron chi connectivity index (χ4n) is 5.09. The van der Waals surface area contributed by atoms with Gasteiger partial charge in [0.15, 0.2) is 0 Å². The molecule has 0 saturated carbocycles. The zero-order chi connectivity index (χ0) is 24.0. The lowest BCUT2D eigenvalue weighted by atomic mass is 9.93. The van der Waals surface area contributed by atoms with Crippen molar-refractivity contribution in [3.05, 3.63) is 34.9 Å². The van der Waals surface area contributed by atoms with Crippen LogP contribution in [0.15, 0.2) is 18.2 Å². The minimum atomic E-state index is -4.91. The van der Waals surface area contributed by atoms with Gasteiger partial charge in [-0.25, -0.2) is 0 Å². The van der Waals surface area contributed by atoms with Crippen LogP contribution in [0.1, 0.15) is 48.8 Å². The molecule has 11 heteroatoms. The highest BCUT2D eigenvalue weighted by Crippen LogP contribution is 2.37. The number of rotatable bonds is 4. The average Bonchev–Trinajstić information content (AvgIpc) is 3.15. The first-order valence-electron chi connectivity index (χ1n) is 11.0. The second-order valence-electron chi connectivity index (χ2n) is 9.14. The summed E-state index contributed by atoms with van der Waals surface area (Å²) in [4.78, 5) is 16.6. The van der Waals surface area contributed by atoms with E-state index in [0.29, 0.717) is 37.8 Å². The van der Waals surface area contributed by atoms with Crippen molar-refractivity contribution >= 4 is 5.91 Å². The molecular formula is C22H26F6N2O3. The minimum Gasteiger partial charge on any atom is -0.393 e. The number of alkyl halides is 6. The van der Waals surface area contributed by atoms with Crippen LogP contribution in [0.4, 0.5) is 26.3 Å². The van der Waals surface area contributed by atoms with Gasteiger partial charge in [0, 0.05) is 38.1 Å². The number of halogens is 6. The maximum atomic E-state index is 13.1. The lowest BCUT2D eigenvalue weighted by molar-refractivity contribution is -0.143. The molecule has 1 amide bonds. The van der Waals surface area contributed by atoms with Gasteiger partial charge in [-0.05, 0) is 49.4 Å². The van der Waals surface area contributed by atoms with Crippen LogP contribution in [0.25, 0.3) is 0 Å². The molecule has 1 aromatic rings. The van der Waals surface area contributed by atoms with Crippen LogP contribution in [-0.4, -0.2) is 64.7 Å². The highest BCUT2D eigenvalue weighted by molar-refractivity contribution is 5.78. The van der Waals surface area contributed by atoms with Gasteiger partial charge >= 0.3 is 12.4 Å². The second-order valence-corrected chi connectivity index (χ2v) is 9.14. The van der Waals surface area contributed by atoms with Crippen LogP contribution in [0, 0.1) is 0 Å². The molecule has 5 nitrogen and oxygen atoms in total. The lowest BCUT2D eigenvalue weighted by Gasteiger charge is -2.42. The van der Waals surface area contributed by atoms with Gasteiger partial charge in [-0.15, -0.1) is 0 Å². The molecule has 1 N–H and O–H groups in total. The first-order chi connectivity index (χ1) is 15.4. The number of fused-ring (bicyclic) bond motifs is 1. The second kappa shape index (κ2) is 9.07. The van der Waals surface area contributed by atoms with E-state index in [-0.39, 0.29) is 42.3 Å². The Morgan fingerprint density at radius 1 is 0.939 bits per heavy atom. The van der Waals surface area contributed by atoms with E-state index < -0.39 is 36.2 Å². The maximum absolute atomic E-state index is 13.1. The summed E-state index contributed by atoms with van der Waals surface area (Å²) < 4.78 is 84.1. The molecule has 0 spiro atoms. The first kappa shape index (κ1) is 24.3. The molecule has 33 heavy (non-hydrogen) atoms. The van der Waals surface area contributed by atoms with Crippen LogP contribution in [0.2, 0.25) is 0 Å². The van der Waals surface area contributed by atoms with E-state index in [1.54, 1.807) is 4.90 Å². The number of likely N-dealkylation sites (tertiary alicyclic amines) is 1. The molecule has 3 saturated heterocycles. The van der Waals surface area contributed by atoms with E-state index >= 15 is 0 Å². The Morgan fingerprint density at radius 3 is 2.12 bits per heavy atom. The van der Waals surface area contributed by atoms with Crippen molar-refractivity contribution in [3.63, 3.8) is 0 Å². The predicted octanol–water partition coefficient (Wildman–Crippen LogP) is 3.83. The molecule has 1 aromatic carbocycles. The SMILES string of the molecule is O=C1CC(N2CCC(O)CC2)CC2CC(OCc3cc(C(F)(F)F)cc(C(F)(F)F)c3)CN12. The molecule has 3 heterocycles. The first-order valence-corrected chi connectivity index (χ1v) is 11.0.